The molecule has 2 atom stereocenters. The molecule has 11 heteroatoms. The fraction of sp³-hybridized carbons (Fsp3) is 0.222. The van der Waals surface area contributed by atoms with Crippen molar-refractivity contribution in [2.75, 3.05) is 23.4 Å². The molecule has 1 unspecified atom stereocenters. The Bertz CT molecular complexity index is 954. The lowest BCUT2D eigenvalue weighted by Crippen LogP contribution is -2.55. The van der Waals surface area contributed by atoms with Crippen molar-refractivity contribution in [3.05, 3.63) is 53.9 Å². The average Bonchev–Trinajstić information content (AvgIpc) is 2.70. The highest BCUT2D eigenvalue weighted by atomic mass is 19.2. The van der Waals surface area contributed by atoms with Crippen molar-refractivity contribution in [3.63, 3.8) is 0 Å². The number of halogens is 2. The highest BCUT2D eigenvalue weighted by Gasteiger charge is 2.40. The summed E-state index contributed by atoms with van der Waals surface area (Å²) in [5.74, 6) is -4.48. The van der Waals surface area contributed by atoms with Crippen LogP contribution < -0.4 is 16.0 Å². The SMILES string of the molecule is N=C(N)c1ccc(NC(=O)C(O)[C@H]2OCCN(c3cncc(F)c3F)C2=O)cc1. The number of hydrogen-bond donors (Lipinski definition) is 4. The quantitative estimate of drug-likeness (QED) is 0.418. The molecule has 2 amide bonds. The fourth-order valence-corrected chi connectivity index (χ4v) is 2.76. The van der Waals surface area contributed by atoms with Crippen molar-refractivity contribution in [2.45, 2.75) is 12.2 Å². The first-order valence-electron chi connectivity index (χ1n) is 8.45. The number of ether oxygens (including phenoxy) is 1. The number of nitrogens with zero attached hydrogens (tertiary/aromatic N) is 2. The molecule has 2 heterocycles. The van der Waals surface area contributed by atoms with E-state index in [1.165, 1.54) is 24.3 Å². The first-order chi connectivity index (χ1) is 13.8. The minimum absolute atomic E-state index is 0.0990. The number of amidine groups is 1. The van der Waals surface area contributed by atoms with Crippen molar-refractivity contribution < 1.29 is 28.2 Å². The average molecular weight is 405 g/mol. The third kappa shape index (κ3) is 4.20. The Morgan fingerprint density at radius 2 is 2.03 bits per heavy atom. The first-order valence-corrected chi connectivity index (χ1v) is 8.45. The van der Waals surface area contributed by atoms with E-state index >= 15 is 0 Å². The Kier molecular flexibility index (Phi) is 5.80. The number of carbonyl (C=O) groups is 2. The summed E-state index contributed by atoms with van der Waals surface area (Å²) in [6, 6.07) is 5.91. The molecule has 1 saturated heterocycles. The zero-order valence-electron chi connectivity index (χ0n) is 14.9. The van der Waals surface area contributed by atoms with Gasteiger partial charge in [0.1, 0.15) is 11.5 Å². The molecule has 1 aliphatic rings. The molecule has 3 rings (SSSR count). The molecule has 0 aliphatic carbocycles. The highest BCUT2D eigenvalue weighted by Crippen LogP contribution is 2.24. The van der Waals surface area contributed by atoms with Gasteiger partial charge in [-0.2, -0.15) is 0 Å². The number of rotatable bonds is 5. The molecule has 1 aromatic carbocycles. The molecule has 0 saturated carbocycles. The van der Waals surface area contributed by atoms with Gasteiger partial charge in [0, 0.05) is 17.8 Å². The number of nitrogen functional groups attached to an aromatic ring is 1. The molecule has 1 aliphatic heterocycles. The zero-order valence-corrected chi connectivity index (χ0v) is 14.9. The van der Waals surface area contributed by atoms with E-state index in [1.54, 1.807) is 0 Å². The van der Waals surface area contributed by atoms with Crippen LogP contribution >= 0.6 is 0 Å². The van der Waals surface area contributed by atoms with E-state index in [4.69, 9.17) is 15.9 Å². The maximum atomic E-state index is 14.0. The maximum absolute atomic E-state index is 14.0. The van der Waals surface area contributed by atoms with Gasteiger partial charge in [-0.25, -0.2) is 8.78 Å². The lowest BCUT2D eigenvalue weighted by atomic mass is 10.1. The summed E-state index contributed by atoms with van der Waals surface area (Å²) in [5.41, 5.74) is 5.67. The lowest BCUT2D eigenvalue weighted by molar-refractivity contribution is -0.150. The minimum Gasteiger partial charge on any atom is -0.384 e. The second kappa shape index (κ2) is 8.29. The van der Waals surface area contributed by atoms with E-state index in [0.29, 0.717) is 17.4 Å². The van der Waals surface area contributed by atoms with Crippen LogP contribution in [-0.4, -0.2) is 53.1 Å². The van der Waals surface area contributed by atoms with E-state index in [0.717, 1.165) is 11.1 Å². The van der Waals surface area contributed by atoms with Crippen molar-refractivity contribution >= 4 is 29.0 Å². The predicted octanol–water partition coefficient (Wildman–Crippen LogP) is 0.375. The predicted molar refractivity (Wildman–Crippen MR) is 98.3 cm³/mol. The number of aliphatic hydroxyl groups is 1. The van der Waals surface area contributed by atoms with Crippen LogP contribution in [0.4, 0.5) is 20.2 Å². The fourth-order valence-electron chi connectivity index (χ4n) is 2.76. The second-order valence-corrected chi connectivity index (χ2v) is 6.16. The molecular formula is C18H17F2N5O4. The maximum Gasteiger partial charge on any atom is 0.259 e. The summed E-state index contributed by atoms with van der Waals surface area (Å²) in [4.78, 5) is 29.3. The van der Waals surface area contributed by atoms with Crippen LogP contribution in [0.3, 0.4) is 0 Å². The number of nitrogens with one attached hydrogen (secondary N) is 2. The highest BCUT2D eigenvalue weighted by molar-refractivity contribution is 6.04. The smallest absolute Gasteiger partial charge is 0.259 e. The van der Waals surface area contributed by atoms with Crippen LogP contribution in [0.5, 0.6) is 0 Å². The van der Waals surface area contributed by atoms with Crippen molar-refractivity contribution in [1.82, 2.24) is 4.98 Å². The molecule has 0 radical (unpaired) electrons. The van der Waals surface area contributed by atoms with Crippen LogP contribution in [0.2, 0.25) is 0 Å². The standard InChI is InChI=1S/C18H17F2N5O4/c19-11-7-23-8-12(13(11)20)25-5-6-29-15(18(25)28)14(26)17(27)24-10-3-1-9(2-4-10)16(21)22/h1-4,7-8,14-15,26H,5-6H2,(H3,21,22)(H,24,27)/t14?,15-/m1/s1. The number of pyridine rings is 1. The number of carbonyl (C=O) groups excluding carboxylic acids is 2. The minimum atomic E-state index is -1.90. The number of benzene rings is 1. The number of hydrogen-bond acceptors (Lipinski definition) is 6. The molecule has 152 valence electrons. The third-order valence-corrected chi connectivity index (χ3v) is 4.25. The van der Waals surface area contributed by atoms with Gasteiger partial charge in [0.05, 0.1) is 19.0 Å². The summed E-state index contributed by atoms with van der Waals surface area (Å²) in [5, 5.41) is 20.0. The van der Waals surface area contributed by atoms with Gasteiger partial charge in [0.25, 0.3) is 11.8 Å². The van der Waals surface area contributed by atoms with Crippen LogP contribution in [-0.2, 0) is 14.3 Å². The van der Waals surface area contributed by atoms with Crippen molar-refractivity contribution in [2.24, 2.45) is 5.73 Å². The molecule has 1 fully saturated rings. The Balaban J connectivity index is 1.73. The summed E-state index contributed by atoms with van der Waals surface area (Å²) in [7, 11) is 0. The first kappa shape index (κ1) is 20.3. The van der Waals surface area contributed by atoms with Gasteiger partial charge in [0.2, 0.25) is 0 Å². The van der Waals surface area contributed by atoms with Crippen LogP contribution in [0.15, 0.2) is 36.7 Å². The van der Waals surface area contributed by atoms with E-state index in [-0.39, 0.29) is 19.0 Å². The van der Waals surface area contributed by atoms with E-state index < -0.39 is 41.3 Å². The third-order valence-electron chi connectivity index (χ3n) is 4.25. The topological polar surface area (TPSA) is 142 Å². The number of aromatic nitrogens is 1. The normalized spacial score (nSPS) is 17.7. The molecule has 0 bridgehead atoms. The Morgan fingerprint density at radius 3 is 2.69 bits per heavy atom. The second-order valence-electron chi connectivity index (χ2n) is 6.16. The van der Waals surface area contributed by atoms with E-state index in [9.17, 15) is 23.5 Å². The summed E-state index contributed by atoms with van der Waals surface area (Å²) >= 11 is 0. The molecular weight excluding hydrogens is 388 g/mol. The number of amides is 2. The lowest BCUT2D eigenvalue weighted by Gasteiger charge is -2.34. The van der Waals surface area contributed by atoms with Gasteiger partial charge in [0.15, 0.2) is 23.8 Å². The number of morpholine rings is 1. The van der Waals surface area contributed by atoms with Crippen LogP contribution in [0.1, 0.15) is 5.56 Å². The van der Waals surface area contributed by atoms with E-state index in [2.05, 4.69) is 10.3 Å². The monoisotopic (exact) mass is 405 g/mol. The van der Waals surface area contributed by atoms with Gasteiger partial charge >= 0.3 is 0 Å². The van der Waals surface area contributed by atoms with Crippen LogP contribution in [0, 0.1) is 17.0 Å². The number of nitrogens with two attached hydrogens (primary N) is 1. The Hall–Kier alpha value is -3.44. The summed E-state index contributed by atoms with van der Waals surface area (Å²) in [6.45, 7) is -0.206. The number of aliphatic hydroxyl groups excluding tert-OH is 1. The van der Waals surface area contributed by atoms with Gasteiger partial charge in [-0.1, -0.05) is 0 Å². The Morgan fingerprint density at radius 1 is 1.34 bits per heavy atom. The zero-order chi connectivity index (χ0) is 21.1. The summed E-state index contributed by atoms with van der Waals surface area (Å²) < 4.78 is 32.6. The molecule has 29 heavy (non-hydrogen) atoms. The molecule has 2 aromatic rings. The Labute approximate surface area is 163 Å². The van der Waals surface area contributed by atoms with Crippen LogP contribution in [0.25, 0.3) is 0 Å². The largest absolute Gasteiger partial charge is 0.384 e. The van der Waals surface area contributed by atoms with E-state index in [1.807, 2.05) is 0 Å². The molecule has 1 aromatic heterocycles. The van der Waals surface area contributed by atoms with Gasteiger partial charge in [-0.3, -0.25) is 20.0 Å². The van der Waals surface area contributed by atoms with Gasteiger partial charge in [-0.05, 0) is 24.3 Å². The van der Waals surface area contributed by atoms with Gasteiger partial charge in [-0.15, -0.1) is 0 Å². The summed E-state index contributed by atoms with van der Waals surface area (Å²) in [6.07, 6.45) is -1.87. The molecule has 0 spiro atoms. The van der Waals surface area contributed by atoms with Crippen molar-refractivity contribution in [3.8, 4) is 0 Å². The molecule has 9 nitrogen and oxygen atoms in total. The number of anilines is 2. The van der Waals surface area contributed by atoms with Crippen molar-refractivity contribution in [1.29, 1.82) is 5.41 Å². The van der Waals surface area contributed by atoms with Gasteiger partial charge < -0.3 is 25.8 Å². The molecule has 5 N–H and O–H groups in total.